The number of carbonyl (C=O) groups is 1. The quantitative estimate of drug-likeness (QED) is 0.171. The number of aromatic hydroxyl groups is 1. The van der Waals surface area contributed by atoms with Crippen molar-refractivity contribution in [2.45, 2.75) is 12.1 Å². The van der Waals surface area contributed by atoms with Crippen LogP contribution in [0.1, 0.15) is 12.5 Å². The maximum Gasteiger partial charge on any atom is 0.250 e. The molecule has 1 aromatic heterocycles. The van der Waals surface area contributed by atoms with Gasteiger partial charge in [-0.1, -0.05) is 35.0 Å². The SMILES string of the molecule is COc1cc(/C(C)=N\NC(=O)CSc2nnc(-c3ccc(Cl)cc3)n2-c2ccc(Cl)cc2)ccc1O. The Balaban J connectivity index is 1.51. The molecule has 184 valence electrons. The Morgan fingerprint density at radius 2 is 1.72 bits per heavy atom. The highest BCUT2D eigenvalue weighted by atomic mass is 35.5. The molecule has 2 N–H and O–H groups in total. The highest BCUT2D eigenvalue weighted by molar-refractivity contribution is 7.99. The second-order valence-electron chi connectivity index (χ2n) is 7.53. The summed E-state index contributed by atoms with van der Waals surface area (Å²) in [6.45, 7) is 1.74. The first-order chi connectivity index (χ1) is 17.4. The van der Waals surface area contributed by atoms with E-state index in [0.29, 0.717) is 38.1 Å². The van der Waals surface area contributed by atoms with E-state index < -0.39 is 0 Å². The smallest absolute Gasteiger partial charge is 0.250 e. The molecule has 4 rings (SSSR count). The minimum Gasteiger partial charge on any atom is -0.504 e. The summed E-state index contributed by atoms with van der Waals surface area (Å²) in [7, 11) is 1.46. The van der Waals surface area contributed by atoms with Gasteiger partial charge in [0.25, 0.3) is 5.91 Å². The predicted octanol–water partition coefficient (Wildman–Crippen LogP) is 5.59. The Hall–Kier alpha value is -3.53. The number of rotatable bonds is 8. The molecule has 0 aliphatic rings. The van der Waals surface area contributed by atoms with Gasteiger partial charge in [0, 0.05) is 26.9 Å². The number of halogens is 2. The number of phenolic OH excluding ortho intramolecular Hbond substituents is 1. The van der Waals surface area contributed by atoms with Crippen LogP contribution < -0.4 is 10.2 Å². The van der Waals surface area contributed by atoms with Gasteiger partial charge in [0.15, 0.2) is 22.5 Å². The average molecular weight is 542 g/mol. The van der Waals surface area contributed by atoms with E-state index in [0.717, 1.165) is 11.3 Å². The minimum atomic E-state index is -0.316. The number of ether oxygens (including phenoxy) is 1. The molecule has 0 saturated carbocycles. The first kappa shape index (κ1) is 25.6. The number of aromatic nitrogens is 3. The molecule has 3 aromatic carbocycles. The lowest BCUT2D eigenvalue weighted by molar-refractivity contribution is -0.118. The van der Waals surface area contributed by atoms with Crippen molar-refractivity contribution >= 4 is 46.6 Å². The molecule has 0 aliphatic heterocycles. The summed E-state index contributed by atoms with van der Waals surface area (Å²) >= 11 is 13.3. The molecule has 0 bridgehead atoms. The molecule has 11 heteroatoms. The number of benzene rings is 3. The van der Waals surface area contributed by atoms with Crippen molar-refractivity contribution in [3.8, 4) is 28.6 Å². The maximum atomic E-state index is 12.5. The van der Waals surface area contributed by atoms with Gasteiger partial charge in [-0.25, -0.2) is 5.43 Å². The Labute approximate surface area is 221 Å². The van der Waals surface area contributed by atoms with E-state index in [1.807, 2.05) is 28.8 Å². The fraction of sp³-hybridized carbons (Fsp3) is 0.120. The Bertz CT molecular complexity index is 1410. The number of hydrazone groups is 1. The molecule has 8 nitrogen and oxygen atoms in total. The van der Waals surface area contributed by atoms with Gasteiger partial charge >= 0.3 is 0 Å². The normalized spacial score (nSPS) is 11.4. The van der Waals surface area contributed by atoms with Gasteiger partial charge in [-0.05, 0) is 73.7 Å². The molecule has 1 amide bonds. The van der Waals surface area contributed by atoms with Crippen molar-refractivity contribution in [2.24, 2.45) is 5.10 Å². The van der Waals surface area contributed by atoms with Crippen LogP contribution in [-0.2, 0) is 4.79 Å². The number of nitrogens with zero attached hydrogens (tertiary/aromatic N) is 4. The van der Waals surface area contributed by atoms with Crippen molar-refractivity contribution in [2.75, 3.05) is 12.9 Å². The lowest BCUT2D eigenvalue weighted by atomic mass is 10.1. The van der Waals surface area contributed by atoms with Crippen LogP contribution in [0.5, 0.6) is 11.5 Å². The van der Waals surface area contributed by atoms with Gasteiger partial charge in [-0.15, -0.1) is 10.2 Å². The Kier molecular flexibility index (Phi) is 8.14. The van der Waals surface area contributed by atoms with Crippen molar-refractivity contribution < 1.29 is 14.6 Å². The van der Waals surface area contributed by atoms with Gasteiger partial charge in [0.1, 0.15) is 0 Å². The molecule has 36 heavy (non-hydrogen) atoms. The van der Waals surface area contributed by atoms with Crippen molar-refractivity contribution in [3.63, 3.8) is 0 Å². The monoisotopic (exact) mass is 541 g/mol. The highest BCUT2D eigenvalue weighted by Gasteiger charge is 2.17. The molecule has 0 fully saturated rings. The van der Waals surface area contributed by atoms with Crippen molar-refractivity contribution in [1.82, 2.24) is 20.2 Å². The van der Waals surface area contributed by atoms with Crippen LogP contribution in [0.4, 0.5) is 0 Å². The van der Waals surface area contributed by atoms with Crippen LogP contribution in [0.25, 0.3) is 17.1 Å². The summed E-state index contributed by atoms with van der Waals surface area (Å²) < 4.78 is 6.97. The predicted molar refractivity (Wildman–Crippen MR) is 143 cm³/mol. The zero-order valence-corrected chi connectivity index (χ0v) is 21.6. The molecular formula is C25H21Cl2N5O3S. The zero-order chi connectivity index (χ0) is 25.7. The highest BCUT2D eigenvalue weighted by Crippen LogP contribution is 2.29. The van der Waals surface area contributed by atoms with E-state index in [4.69, 9.17) is 27.9 Å². The number of nitrogens with one attached hydrogen (secondary N) is 1. The summed E-state index contributed by atoms with van der Waals surface area (Å²) in [5.41, 5.74) is 5.43. The van der Waals surface area contributed by atoms with Gasteiger partial charge in [0.05, 0.1) is 18.6 Å². The molecule has 0 unspecified atom stereocenters. The van der Waals surface area contributed by atoms with Crippen molar-refractivity contribution in [1.29, 1.82) is 0 Å². The lowest BCUT2D eigenvalue weighted by Crippen LogP contribution is -2.21. The van der Waals surface area contributed by atoms with Crippen LogP contribution in [-0.4, -0.2) is 44.4 Å². The van der Waals surface area contributed by atoms with Crippen molar-refractivity contribution in [3.05, 3.63) is 82.3 Å². The molecular weight excluding hydrogens is 521 g/mol. The van der Waals surface area contributed by atoms with Crippen LogP contribution in [0, 0.1) is 0 Å². The number of thioether (sulfide) groups is 1. The van der Waals surface area contributed by atoms with Gasteiger partial charge in [0.2, 0.25) is 0 Å². The molecule has 4 aromatic rings. The summed E-state index contributed by atoms with van der Waals surface area (Å²) in [5.74, 6) is 0.692. The maximum absolute atomic E-state index is 12.5. The van der Waals surface area contributed by atoms with Crippen LogP contribution in [0.15, 0.2) is 77.0 Å². The fourth-order valence-corrected chi connectivity index (χ4v) is 4.24. The Morgan fingerprint density at radius 1 is 1.06 bits per heavy atom. The first-order valence-corrected chi connectivity index (χ1v) is 12.4. The zero-order valence-electron chi connectivity index (χ0n) is 19.3. The average Bonchev–Trinajstić information content (AvgIpc) is 3.31. The lowest BCUT2D eigenvalue weighted by Gasteiger charge is -2.10. The largest absolute Gasteiger partial charge is 0.504 e. The first-order valence-electron chi connectivity index (χ1n) is 10.7. The molecule has 0 aliphatic carbocycles. The van der Waals surface area contributed by atoms with Gasteiger partial charge < -0.3 is 9.84 Å². The molecule has 1 heterocycles. The van der Waals surface area contributed by atoms with Crippen LogP contribution >= 0.6 is 35.0 Å². The Morgan fingerprint density at radius 3 is 2.39 bits per heavy atom. The number of hydrogen-bond donors (Lipinski definition) is 2. The molecule has 0 spiro atoms. The standard InChI is InChI=1S/C25H21Cl2N5O3S/c1-15(17-5-12-21(33)22(13-17)35-2)28-29-23(34)14-36-25-31-30-24(16-3-6-18(26)7-4-16)32(25)20-10-8-19(27)9-11-20/h3-13,33H,14H2,1-2H3,(H,29,34)/b28-15-. The van der Waals surface area contributed by atoms with E-state index in [1.54, 1.807) is 43.3 Å². The van der Waals surface area contributed by atoms with E-state index in [1.165, 1.54) is 24.9 Å². The van der Waals surface area contributed by atoms with E-state index in [-0.39, 0.29) is 17.4 Å². The van der Waals surface area contributed by atoms with E-state index >= 15 is 0 Å². The van der Waals surface area contributed by atoms with E-state index in [2.05, 4.69) is 20.7 Å². The number of phenols is 1. The van der Waals surface area contributed by atoms with Gasteiger partial charge in [-0.3, -0.25) is 9.36 Å². The number of amides is 1. The molecule has 0 atom stereocenters. The third-order valence-electron chi connectivity index (χ3n) is 5.10. The van der Waals surface area contributed by atoms with Gasteiger partial charge in [-0.2, -0.15) is 5.10 Å². The summed E-state index contributed by atoms with van der Waals surface area (Å²) in [5, 5.41) is 24.3. The summed E-state index contributed by atoms with van der Waals surface area (Å²) in [6, 6.07) is 19.4. The second kappa shape index (κ2) is 11.5. The van der Waals surface area contributed by atoms with Crippen LogP contribution in [0.3, 0.4) is 0 Å². The summed E-state index contributed by atoms with van der Waals surface area (Å²) in [4.78, 5) is 12.5. The topological polar surface area (TPSA) is 102 Å². The number of methoxy groups -OCH3 is 1. The summed E-state index contributed by atoms with van der Waals surface area (Å²) in [6.07, 6.45) is 0. The third-order valence-corrected chi connectivity index (χ3v) is 6.53. The van der Waals surface area contributed by atoms with E-state index in [9.17, 15) is 9.90 Å². The number of carbonyl (C=O) groups excluding carboxylic acids is 1. The minimum absolute atomic E-state index is 0.0252. The number of hydrogen-bond acceptors (Lipinski definition) is 7. The second-order valence-corrected chi connectivity index (χ2v) is 9.35. The third kappa shape index (κ3) is 5.99. The van der Waals surface area contributed by atoms with Crippen LogP contribution in [0.2, 0.25) is 10.0 Å². The molecule has 0 saturated heterocycles. The molecule has 0 radical (unpaired) electrons. The fourth-order valence-electron chi connectivity index (χ4n) is 3.25.